The van der Waals surface area contributed by atoms with Crippen molar-refractivity contribution in [2.24, 2.45) is 4.99 Å². The second-order valence-electron chi connectivity index (χ2n) is 10.0. The lowest BCUT2D eigenvalue weighted by Crippen LogP contribution is -2.40. The van der Waals surface area contributed by atoms with Crippen LogP contribution >= 0.6 is 11.3 Å². The van der Waals surface area contributed by atoms with Crippen molar-refractivity contribution in [1.82, 2.24) is 4.57 Å². The normalized spacial score (nSPS) is 15.3. The quantitative estimate of drug-likeness (QED) is 0.225. The third-order valence-electron chi connectivity index (χ3n) is 7.33. The van der Waals surface area contributed by atoms with Crippen LogP contribution < -0.4 is 19.8 Å². The van der Waals surface area contributed by atoms with Crippen molar-refractivity contribution in [3.8, 4) is 0 Å². The number of rotatable bonds is 5. The summed E-state index contributed by atoms with van der Waals surface area (Å²) >= 11 is 1.34. The van der Waals surface area contributed by atoms with Crippen LogP contribution in [0.4, 0.5) is 5.69 Å². The van der Waals surface area contributed by atoms with Crippen LogP contribution in [0.25, 0.3) is 27.6 Å². The van der Waals surface area contributed by atoms with E-state index in [1.165, 1.54) is 11.3 Å². The zero-order valence-electron chi connectivity index (χ0n) is 22.8. The fourth-order valence-corrected chi connectivity index (χ4v) is 6.43. The zero-order chi connectivity index (χ0) is 28.0. The van der Waals surface area contributed by atoms with Crippen molar-refractivity contribution < 1.29 is 9.53 Å². The van der Waals surface area contributed by atoms with Crippen LogP contribution in [0.2, 0.25) is 0 Å². The molecule has 0 radical (unpaired) electrons. The molecular formula is C33H29N3O3S. The molecule has 7 heteroatoms. The number of ether oxygens (including phenoxy) is 1. The number of fused-ring (bicyclic) bond motifs is 3. The molecule has 0 aliphatic carbocycles. The first kappa shape index (κ1) is 25.8. The first-order chi connectivity index (χ1) is 19.4. The molecule has 0 spiro atoms. The van der Waals surface area contributed by atoms with E-state index in [1.807, 2.05) is 80.5 Å². The van der Waals surface area contributed by atoms with E-state index in [1.54, 1.807) is 11.5 Å². The monoisotopic (exact) mass is 547 g/mol. The third-order valence-corrected chi connectivity index (χ3v) is 8.31. The topological polar surface area (TPSA) is 63.9 Å². The van der Waals surface area contributed by atoms with Gasteiger partial charge in [0.05, 0.1) is 28.5 Å². The highest BCUT2D eigenvalue weighted by Crippen LogP contribution is 2.32. The summed E-state index contributed by atoms with van der Waals surface area (Å²) in [6.45, 7) is 3.82. The lowest BCUT2D eigenvalue weighted by molar-refractivity contribution is -0.139. The average Bonchev–Trinajstić information content (AvgIpc) is 3.26. The van der Waals surface area contributed by atoms with Crippen LogP contribution in [0.5, 0.6) is 0 Å². The van der Waals surface area contributed by atoms with Crippen LogP contribution in [0.15, 0.2) is 99.9 Å². The smallest absolute Gasteiger partial charge is 0.338 e. The molecule has 6 nitrogen and oxygen atoms in total. The molecule has 0 bridgehead atoms. The number of hydrogen-bond donors (Lipinski definition) is 0. The number of benzene rings is 4. The molecule has 1 aliphatic rings. The van der Waals surface area contributed by atoms with E-state index in [9.17, 15) is 9.59 Å². The summed E-state index contributed by atoms with van der Waals surface area (Å²) in [6, 6.07) is 25.9. The predicted octanol–water partition coefficient (Wildman–Crippen LogP) is 5.17. The van der Waals surface area contributed by atoms with Gasteiger partial charge in [-0.05, 0) is 70.8 Å². The van der Waals surface area contributed by atoms with E-state index >= 15 is 0 Å². The maximum absolute atomic E-state index is 14.2. The molecule has 200 valence electrons. The van der Waals surface area contributed by atoms with Crippen LogP contribution in [-0.4, -0.2) is 31.2 Å². The first-order valence-corrected chi connectivity index (χ1v) is 14.1. The number of allylic oxidation sites excluding steroid dienone is 1. The number of anilines is 1. The van der Waals surface area contributed by atoms with Crippen LogP contribution in [-0.2, 0) is 9.53 Å². The van der Waals surface area contributed by atoms with Gasteiger partial charge in [0.25, 0.3) is 5.56 Å². The van der Waals surface area contributed by atoms with Crippen molar-refractivity contribution >= 4 is 50.6 Å². The molecule has 1 aromatic heterocycles. The number of thiazole rings is 1. The third kappa shape index (κ3) is 4.32. The van der Waals surface area contributed by atoms with E-state index in [2.05, 4.69) is 30.3 Å². The molecule has 0 N–H and O–H groups in total. The Morgan fingerprint density at radius 1 is 1.00 bits per heavy atom. The minimum Gasteiger partial charge on any atom is -0.463 e. The highest BCUT2D eigenvalue weighted by molar-refractivity contribution is 7.07. The molecule has 0 amide bonds. The van der Waals surface area contributed by atoms with Crippen molar-refractivity contribution in [3.05, 3.63) is 121 Å². The van der Waals surface area contributed by atoms with Gasteiger partial charge in [-0.25, -0.2) is 9.79 Å². The minimum atomic E-state index is -0.641. The van der Waals surface area contributed by atoms with Crippen molar-refractivity contribution in [2.45, 2.75) is 19.9 Å². The van der Waals surface area contributed by atoms with Crippen molar-refractivity contribution in [3.63, 3.8) is 0 Å². The maximum atomic E-state index is 14.2. The standard InChI is InChI=1S/C33H29N3O3S/c1-5-39-32(38)29-20(2)34-33-36(30(29)21-14-16-24(17-15-21)35(3)4)31(37)28(40-33)19-27-25-12-8-6-10-22(25)18-23-11-7-9-13-26(23)27/h6-19,30H,5H2,1-4H3/b28-19-/t30-/m0/s1. The lowest BCUT2D eigenvalue weighted by Gasteiger charge is -2.25. The van der Waals surface area contributed by atoms with Gasteiger partial charge in [-0.3, -0.25) is 9.36 Å². The molecule has 2 heterocycles. The van der Waals surface area contributed by atoms with Gasteiger partial charge in [-0.1, -0.05) is 72.0 Å². The zero-order valence-corrected chi connectivity index (χ0v) is 23.7. The molecular weight excluding hydrogens is 518 g/mol. The molecule has 0 fully saturated rings. The van der Waals surface area contributed by atoms with Crippen LogP contribution in [0.1, 0.15) is 31.0 Å². The number of aromatic nitrogens is 1. The first-order valence-electron chi connectivity index (χ1n) is 13.2. The SMILES string of the molecule is CCOC(=O)C1=C(C)N=c2s/c(=C\c3c4ccccc4cc4ccccc34)c(=O)n2[C@H]1c1ccc(N(C)C)cc1. The Bertz CT molecular complexity index is 1950. The summed E-state index contributed by atoms with van der Waals surface area (Å²) in [7, 11) is 3.95. The van der Waals surface area contributed by atoms with Crippen molar-refractivity contribution in [1.29, 1.82) is 0 Å². The fourth-order valence-electron chi connectivity index (χ4n) is 5.40. The highest BCUT2D eigenvalue weighted by Gasteiger charge is 2.33. The summed E-state index contributed by atoms with van der Waals surface area (Å²) in [6.07, 6.45) is 1.98. The predicted molar refractivity (Wildman–Crippen MR) is 163 cm³/mol. The van der Waals surface area contributed by atoms with Gasteiger partial charge in [-0.15, -0.1) is 0 Å². The van der Waals surface area contributed by atoms with Gasteiger partial charge in [0.1, 0.15) is 0 Å². The molecule has 1 atom stereocenters. The number of nitrogens with zero attached hydrogens (tertiary/aromatic N) is 3. The van der Waals surface area contributed by atoms with Gasteiger partial charge < -0.3 is 9.64 Å². The molecule has 0 saturated carbocycles. The van der Waals surface area contributed by atoms with Crippen LogP contribution in [0, 0.1) is 0 Å². The molecule has 4 aromatic carbocycles. The lowest BCUT2D eigenvalue weighted by atomic mass is 9.95. The second-order valence-corrected chi connectivity index (χ2v) is 11.0. The Morgan fingerprint density at radius 3 is 2.23 bits per heavy atom. The molecule has 0 unspecified atom stereocenters. The maximum Gasteiger partial charge on any atom is 0.338 e. The fraction of sp³-hybridized carbons (Fsp3) is 0.182. The van der Waals surface area contributed by atoms with Crippen molar-refractivity contribution in [2.75, 3.05) is 25.6 Å². The Balaban J connectivity index is 1.62. The molecule has 1 aliphatic heterocycles. The van der Waals surface area contributed by atoms with E-state index < -0.39 is 12.0 Å². The Hall–Kier alpha value is -4.49. The van der Waals surface area contributed by atoms with Gasteiger partial charge >= 0.3 is 5.97 Å². The minimum absolute atomic E-state index is 0.184. The summed E-state index contributed by atoms with van der Waals surface area (Å²) < 4.78 is 7.64. The largest absolute Gasteiger partial charge is 0.463 e. The summed E-state index contributed by atoms with van der Waals surface area (Å²) in [5.41, 5.74) is 3.60. The summed E-state index contributed by atoms with van der Waals surface area (Å²) in [5.74, 6) is -0.459. The Kier molecular flexibility index (Phi) is 6.60. The molecule has 5 aromatic rings. The summed E-state index contributed by atoms with van der Waals surface area (Å²) in [4.78, 5) is 34.7. The van der Waals surface area contributed by atoms with E-state index in [0.29, 0.717) is 20.6 Å². The summed E-state index contributed by atoms with van der Waals surface area (Å²) in [5, 5.41) is 4.37. The van der Waals surface area contributed by atoms with Gasteiger partial charge in [-0.2, -0.15) is 0 Å². The average molecular weight is 548 g/mol. The number of hydrogen-bond acceptors (Lipinski definition) is 6. The van der Waals surface area contributed by atoms with E-state index in [0.717, 1.165) is 38.4 Å². The highest BCUT2D eigenvalue weighted by atomic mass is 32.1. The number of esters is 1. The molecule has 0 saturated heterocycles. The van der Waals surface area contributed by atoms with E-state index in [4.69, 9.17) is 9.73 Å². The molecule has 6 rings (SSSR count). The van der Waals surface area contributed by atoms with Crippen LogP contribution in [0.3, 0.4) is 0 Å². The van der Waals surface area contributed by atoms with Gasteiger partial charge in [0.15, 0.2) is 4.80 Å². The number of carbonyl (C=O) groups is 1. The molecule has 40 heavy (non-hydrogen) atoms. The Morgan fingerprint density at radius 2 is 1.62 bits per heavy atom. The number of carbonyl (C=O) groups excluding carboxylic acids is 1. The van der Waals surface area contributed by atoms with Gasteiger partial charge in [0.2, 0.25) is 0 Å². The Labute approximate surface area is 235 Å². The second kappa shape index (κ2) is 10.2. The van der Waals surface area contributed by atoms with E-state index in [-0.39, 0.29) is 12.2 Å². The van der Waals surface area contributed by atoms with Gasteiger partial charge in [0, 0.05) is 19.8 Å².